The lowest BCUT2D eigenvalue weighted by Crippen LogP contribution is -2.28. The van der Waals surface area contributed by atoms with Gasteiger partial charge >= 0.3 is 0 Å². The first-order valence-corrected chi connectivity index (χ1v) is 8.05. The quantitative estimate of drug-likeness (QED) is 0.747. The second-order valence-electron chi connectivity index (χ2n) is 4.45. The molecular formula is C15H16N2O4S. The summed E-state index contributed by atoms with van der Waals surface area (Å²) in [5, 5.41) is 0. The monoisotopic (exact) mass is 320 g/mol. The zero-order valence-electron chi connectivity index (χ0n) is 11.7. The van der Waals surface area contributed by atoms with Crippen LogP contribution in [-0.4, -0.2) is 27.5 Å². The van der Waals surface area contributed by atoms with Crippen LogP contribution in [-0.2, 0) is 10.0 Å². The highest BCUT2D eigenvalue weighted by Gasteiger charge is 2.13. The van der Waals surface area contributed by atoms with Crippen LogP contribution in [0.3, 0.4) is 0 Å². The molecule has 0 aliphatic rings. The number of ether oxygens (including phenoxy) is 1. The summed E-state index contributed by atoms with van der Waals surface area (Å²) in [5.74, 6) is 0.0701. The maximum atomic E-state index is 12.0. The normalized spacial score (nSPS) is 11.1. The van der Waals surface area contributed by atoms with Crippen LogP contribution in [0.4, 0.5) is 0 Å². The van der Waals surface area contributed by atoms with Gasteiger partial charge in [0.15, 0.2) is 0 Å². The zero-order chi connectivity index (χ0) is 16.0. The minimum atomic E-state index is -3.64. The summed E-state index contributed by atoms with van der Waals surface area (Å²) in [5.41, 5.74) is 5.36. The smallest absolute Gasteiger partial charge is 0.248 e. The van der Waals surface area contributed by atoms with E-state index < -0.39 is 15.9 Å². The highest BCUT2D eigenvalue weighted by atomic mass is 32.2. The summed E-state index contributed by atoms with van der Waals surface area (Å²) in [7, 11) is -3.64. The van der Waals surface area contributed by atoms with E-state index in [9.17, 15) is 13.2 Å². The van der Waals surface area contributed by atoms with E-state index in [1.165, 1.54) is 24.3 Å². The number of carbonyl (C=O) groups excluding carboxylic acids is 1. The number of primary amides is 1. The van der Waals surface area contributed by atoms with E-state index in [4.69, 9.17) is 10.5 Å². The number of hydrogen-bond acceptors (Lipinski definition) is 4. The zero-order valence-corrected chi connectivity index (χ0v) is 12.5. The van der Waals surface area contributed by atoms with Gasteiger partial charge in [0, 0.05) is 12.1 Å². The maximum absolute atomic E-state index is 12.0. The third kappa shape index (κ3) is 4.31. The Kier molecular flexibility index (Phi) is 5.13. The van der Waals surface area contributed by atoms with Gasteiger partial charge in [-0.3, -0.25) is 4.79 Å². The van der Waals surface area contributed by atoms with Crippen molar-refractivity contribution in [2.24, 2.45) is 5.73 Å². The van der Waals surface area contributed by atoms with Gasteiger partial charge in [0.25, 0.3) is 0 Å². The number of sulfonamides is 1. The Labute approximate surface area is 129 Å². The minimum absolute atomic E-state index is 0.0669. The van der Waals surface area contributed by atoms with Crippen molar-refractivity contribution in [2.75, 3.05) is 13.2 Å². The van der Waals surface area contributed by atoms with Gasteiger partial charge in [-0.05, 0) is 36.4 Å². The van der Waals surface area contributed by atoms with E-state index in [1.807, 2.05) is 18.2 Å². The molecule has 2 rings (SSSR count). The summed E-state index contributed by atoms with van der Waals surface area (Å²) >= 11 is 0. The Hall–Kier alpha value is -2.38. The summed E-state index contributed by atoms with van der Waals surface area (Å²) in [4.78, 5) is 11.0. The molecule has 0 aromatic heterocycles. The molecule has 0 radical (unpaired) electrons. The molecule has 0 spiro atoms. The van der Waals surface area contributed by atoms with Crippen LogP contribution in [0.2, 0.25) is 0 Å². The third-order valence-electron chi connectivity index (χ3n) is 2.86. The van der Waals surface area contributed by atoms with Crippen LogP contribution >= 0.6 is 0 Å². The Morgan fingerprint density at radius 1 is 1.05 bits per heavy atom. The van der Waals surface area contributed by atoms with Gasteiger partial charge in [-0.1, -0.05) is 18.2 Å². The molecule has 0 bridgehead atoms. The second-order valence-corrected chi connectivity index (χ2v) is 6.21. The number of para-hydroxylation sites is 1. The SMILES string of the molecule is NC(=O)c1ccc(S(=O)(=O)NCCOc2ccccc2)cc1. The van der Waals surface area contributed by atoms with Crippen molar-refractivity contribution in [3.63, 3.8) is 0 Å². The van der Waals surface area contributed by atoms with Gasteiger partial charge in [-0.25, -0.2) is 13.1 Å². The highest BCUT2D eigenvalue weighted by molar-refractivity contribution is 7.89. The van der Waals surface area contributed by atoms with Crippen molar-refractivity contribution < 1.29 is 17.9 Å². The third-order valence-corrected chi connectivity index (χ3v) is 4.33. The molecule has 22 heavy (non-hydrogen) atoms. The minimum Gasteiger partial charge on any atom is -0.492 e. The number of hydrogen-bond donors (Lipinski definition) is 2. The maximum Gasteiger partial charge on any atom is 0.248 e. The van der Waals surface area contributed by atoms with Gasteiger partial charge in [0.2, 0.25) is 15.9 Å². The molecule has 2 aromatic carbocycles. The van der Waals surface area contributed by atoms with Crippen molar-refractivity contribution in [3.05, 3.63) is 60.2 Å². The molecule has 6 nitrogen and oxygen atoms in total. The van der Waals surface area contributed by atoms with E-state index in [2.05, 4.69) is 4.72 Å². The molecule has 0 unspecified atom stereocenters. The lowest BCUT2D eigenvalue weighted by atomic mass is 10.2. The number of nitrogens with two attached hydrogens (primary N) is 1. The van der Waals surface area contributed by atoms with Crippen LogP contribution in [0.25, 0.3) is 0 Å². The van der Waals surface area contributed by atoms with Crippen LogP contribution < -0.4 is 15.2 Å². The summed E-state index contributed by atoms with van der Waals surface area (Å²) in [6.07, 6.45) is 0. The Morgan fingerprint density at radius 2 is 1.68 bits per heavy atom. The number of nitrogens with one attached hydrogen (secondary N) is 1. The van der Waals surface area contributed by atoms with Crippen LogP contribution in [0.1, 0.15) is 10.4 Å². The van der Waals surface area contributed by atoms with Gasteiger partial charge in [-0.15, -0.1) is 0 Å². The molecular weight excluding hydrogens is 304 g/mol. The summed E-state index contributed by atoms with van der Waals surface area (Å²) in [6.45, 7) is 0.345. The van der Waals surface area contributed by atoms with Crippen molar-refractivity contribution in [2.45, 2.75) is 4.90 Å². The Bertz CT molecular complexity index is 728. The van der Waals surface area contributed by atoms with Crippen LogP contribution in [0.5, 0.6) is 5.75 Å². The first kappa shape index (κ1) is 16.0. The van der Waals surface area contributed by atoms with E-state index >= 15 is 0 Å². The van der Waals surface area contributed by atoms with E-state index in [0.29, 0.717) is 5.75 Å². The first-order valence-electron chi connectivity index (χ1n) is 6.56. The molecule has 0 aliphatic heterocycles. The molecule has 3 N–H and O–H groups in total. The van der Waals surface area contributed by atoms with E-state index in [1.54, 1.807) is 12.1 Å². The van der Waals surface area contributed by atoms with E-state index in [-0.39, 0.29) is 23.6 Å². The van der Waals surface area contributed by atoms with Crippen molar-refractivity contribution >= 4 is 15.9 Å². The topological polar surface area (TPSA) is 98.5 Å². The standard InChI is InChI=1S/C15H16N2O4S/c16-15(18)12-6-8-14(9-7-12)22(19,20)17-10-11-21-13-4-2-1-3-5-13/h1-9,17H,10-11H2,(H2,16,18). The van der Waals surface area contributed by atoms with E-state index in [0.717, 1.165) is 0 Å². The lowest BCUT2D eigenvalue weighted by Gasteiger charge is -2.08. The molecule has 0 atom stereocenters. The summed E-state index contributed by atoms with van der Waals surface area (Å²) < 4.78 is 31.9. The van der Waals surface area contributed by atoms with Crippen molar-refractivity contribution in [1.82, 2.24) is 4.72 Å². The predicted molar refractivity (Wildman–Crippen MR) is 82.1 cm³/mol. The van der Waals surface area contributed by atoms with Gasteiger partial charge in [-0.2, -0.15) is 0 Å². The molecule has 0 aliphatic carbocycles. The molecule has 0 heterocycles. The number of rotatable bonds is 7. The fourth-order valence-corrected chi connectivity index (χ4v) is 2.76. The number of carbonyl (C=O) groups is 1. The molecule has 0 saturated heterocycles. The average molecular weight is 320 g/mol. The fourth-order valence-electron chi connectivity index (χ4n) is 1.74. The Morgan fingerprint density at radius 3 is 2.27 bits per heavy atom. The predicted octanol–water partition coefficient (Wildman–Crippen LogP) is 1.14. The molecule has 116 valence electrons. The molecule has 7 heteroatoms. The Balaban J connectivity index is 1.89. The van der Waals surface area contributed by atoms with Crippen LogP contribution in [0.15, 0.2) is 59.5 Å². The second kappa shape index (κ2) is 7.06. The van der Waals surface area contributed by atoms with Crippen LogP contribution in [0, 0.1) is 0 Å². The van der Waals surface area contributed by atoms with Gasteiger partial charge in [0.1, 0.15) is 12.4 Å². The van der Waals surface area contributed by atoms with Crippen molar-refractivity contribution in [3.8, 4) is 5.75 Å². The van der Waals surface area contributed by atoms with Gasteiger partial charge < -0.3 is 10.5 Å². The molecule has 0 saturated carbocycles. The lowest BCUT2D eigenvalue weighted by molar-refractivity contribution is 0.1000. The fraction of sp³-hybridized carbons (Fsp3) is 0.133. The number of benzene rings is 2. The molecule has 0 fully saturated rings. The van der Waals surface area contributed by atoms with Gasteiger partial charge in [0.05, 0.1) is 4.90 Å². The molecule has 1 amide bonds. The number of amides is 1. The first-order chi connectivity index (χ1) is 10.5. The highest BCUT2D eigenvalue weighted by Crippen LogP contribution is 2.10. The average Bonchev–Trinajstić information content (AvgIpc) is 2.53. The largest absolute Gasteiger partial charge is 0.492 e. The molecule has 2 aromatic rings. The van der Waals surface area contributed by atoms with Crippen molar-refractivity contribution in [1.29, 1.82) is 0 Å². The summed E-state index contributed by atoms with van der Waals surface area (Å²) in [6, 6.07) is 14.5.